The molecule has 4 unspecified atom stereocenters. The second kappa shape index (κ2) is 15.3. The molecule has 2 aliphatic heterocycles. The van der Waals surface area contributed by atoms with Crippen molar-refractivity contribution >= 4 is 74.0 Å². The number of fused-ring (bicyclic) bond motifs is 2. The topological polar surface area (TPSA) is 195 Å². The molecule has 4 aliphatic rings. The van der Waals surface area contributed by atoms with Crippen LogP contribution in [0.5, 0.6) is 0 Å². The molecule has 13 nitrogen and oxygen atoms in total. The third kappa shape index (κ3) is 7.89. The Morgan fingerprint density at radius 3 is 2.17 bits per heavy atom. The molecule has 0 saturated carbocycles. The van der Waals surface area contributed by atoms with Crippen LogP contribution in [0.1, 0.15) is 87.0 Å². The van der Waals surface area contributed by atoms with Crippen molar-refractivity contribution < 1.29 is 33.5 Å². The number of hydrogen-bond acceptors (Lipinski definition) is 12. The molecule has 0 bridgehead atoms. The maximum atomic E-state index is 13.0. The summed E-state index contributed by atoms with van der Waals surface area (Å²) in [5.74, 6) is -1.83. The summed E-state index contributed by atoms with van der Waals surface area (Å²) >= 11 is 4.31. The Morgan fingerprint density at radius 1 is 0.938 bits per heavy atom. The lowest BCUT2D eigenvalue weighted by molar-refractivity contribution is -0.190. The molecule has 2 aliphatic carbocycles. The summed E-state index contributed by atoms with van der Waals surface area (Å²) in [6.07, 6.45) is 7.48. The Bertz CT molecular complexity index is 1590. The predicted molar refractivity (Wildman–Crippen MR) is 185 cm³/mol. The van der Waals surface area contributed by atoms with Gasteiger partial charge in [0.25, 0.3) is 17.7 Å². The van der Waals surface area contributed by atoms with Crippen LogP contribution in [-0.2, 0) is 49.6 Å². The van der Waals surface area contributed by atoms with E-state index in [4.69, 9.17) is 21.0 Å². The number of thioether (sulfide) groups is 1. The van der Waals surface area contributed by atoms with E-state index in [1.165, 1.54) is 34.4 Å². The van der Waals surface area contributed by atoms with E-state index in [-0.39, 0.29) is 28.9 Å². The van der Waals surface area contributed by atoms with Gasteiger partial charge in [-0.1, -0.05) is 0 Å². The van der Waals surface area contributed by atoms with Crippen molar-refractivity contribution in [3.8, 4) is 0 Å². The maximum Gasteiger partial charge on any atom is 0.342 e. The number of nitrogens with one attached hydrogen (secondary N) is 3. The Hall–Kier alpha value is -3.02. The van der Waals surface area contributed by atoms with E-state index in [0.717, 1.165) is 72.2 Å². The second-order valence-corrected chi connectivity index (χ2v) is 16.2. The van der Waals surface area contributed by atoms with E-state index in [9.17, 15) is 24.0 Å². The number of carbonyl (C=O) groups is 5. The average Bonchev–Trinajstić information content (AvgIpc) is 3.84. The molecule has 2 aromatic rings. The molecular weight excluding hydrogens is 677 g/mol. The fraction of sp³-hybridized carbons (Fsp3) is 0.594. The van der Waals surface area contributed by atoms with E-state index in [1.807, 2.05) is 0 Å². The van der Waals surface area contributed by atoms with Gasteiger partial charge >= 0.3 is 5.97 Å². The Kier molecular flexibility index (Phi) is 11.1. The number of aryl methyl sites for hydroxylation is 2. The molecule has 4 atom stereocenters. The van der Waals surface area contributed by atoms with Crippen LogP contribution in [0.4, 0.5) is 10.0 Å². The van der Waals surface area contributed by atoms with Gasteiger partial charge in [0.15, 0.2) is 0 Å². The number of carbonyl (C=O) groups excluding carboxylic acids is 5. The first-order chi connectivity index (χ1) is 23.1. The fourth-order valence-electron chi connectivity index (χ4n) is 6.84. The predicted octanol–water partition coefficient (Wildman–Crippen LogP) is 2.74. The minimum absolute atomic E-state index is 0.0402. The minimum atomic E-state index is -0.787. The van der Waals surface area contributed by atoms with Gasteiger partial charge in [0.2, 0.25) is 5.91 Å². The summed E-state index contributed by atoms with van der Waals surface area (Å²) in [5, 5.41) is 11.6. The van der Waals surface area contributed by atoms with Gasteiger partial charge in [0.1, 0.15) is 22.1 Å². The quantitative estimate of drug-likeness (QED) is 0.218. The fourth-order valence-corrected chi connectivity index (χ4v) is 10.5. The Morgan fingerprint density at radius 2 is 1.54 bits per heavy atom. The zero-order valence-corrected chi connectivity index (χ0v) is 29.3. The molecule has 16 heteroatoms. The lowest BCUT2D eigenvalue weighted by Crippen LogP contribution is -2.38. The number of hydrogen-bond donors (Lipinski definition) is 5. The van der Waals surface area contributed by atoms with Crippen LogP contribution in [-0.4, -0.2) is 83.5 Å². The number of amides is 4. The smallest absolute Gasteiger partial charge is 0.342 e. The molecule has 6 rings (SSSR count). The van der Waals surface area contributed by atoms with Gasteiger partial charge in [-0.15, -0.1) is 39.5 Å². The van der Waals surface area contributed by atoms with Gasteiger partial charge in [-0.3, -0.25) is 19.2 Å². The Labute approximate surface area is 291 Å². The number of nitrogens with two attached hydrogens (primary N) is 2. The summed E-state index contributed by atoms with van der Waals surface area (Å²) < 4.78 is 6.00. The summed E-state index contributed by atoms with van der Waals surface area (Å²) in [4.78, 5) is 70.9. The van der Waals surface area contributed by atoms with Gasteiger partial charge in [0, 0.05) is 28.1 Å². The molecule has 0 spiro atoms. The van der Waals surface area contributed by atoms with Gasteiger partial charge in [-0.2, -0.15) is 0 Å². The van der Waals surface area contributed by atoms with Crippen LogP contribution < -0.4 is 27.4 Å². The van der Waals surface area contributed by atoms with Crippen molar-refractivity contribution in [3.05, 3.63) is 32.0 Å². The highest BCUT2D eigenvalue weighted by molar-refractivity contribution is 8.00. The highest BCUT2D eigenvalue weighted by atomic mass is 32.2. The Balaban J connectivity index is 0.919. The van der Waals surface area contributed by atoms with Gasteiger partial charge in [-0.25, -0.2) is 4.79 Å². The number of nitrogens with zero attached hydrogens (tertiary/aromatic N) is 1. The van der Waals surface area contributed by atoms with Crippen LogP contribution >= 0.6 is 34.4 Å². The first-order valence-electron chi connectivity index (χ1n) is 16.5. The number of hydroxylamine groups is 2. The lowest BCUT2D eigenvalue weighted by atomic mass is 9.95. The summed E-state index contributed by atoms with van der Waals surface area (Å²) in [6, 6.07) is -0.503. The maximum absolute atomic E-state index is 13.0. The van der Waals surface area contributed by atoms with Crippen molar-refractivity contribution in [2.75, 3.05) is 36.0 Å². The largest absolute Gasteiger partial charge is 0.366 e. The molecule has 4 heterocycles. The van der Waals surface area contributed by atoms with Gasteiger partial charge in [-0.05, 0) is 82.3 Å². The number of thiophene rings is 2. The molecule has 0 radical (unpaired) electrons. The normalized spacial score (nSPS) is 22.8. The van der Waals surface area contributed by atoms with Gasteiger partial charge in [0.05, 0.1) is 29.5 Å². The molecule has 2 saturated heterocycles. The standard InChI is InChI=1S/C32H42N6O7S3/c1-16(29(42)37-31-26(28(34)41)20-7-3-5-9-23(20)48-31)44-17-10-11-38(14-17)45-32(43)21-12-18(13-35-21)46-15-24(39)36-30-25(27(33)40)19-6-2-4-8-22(19)47-30/h16-18,21,35H,2-15H2,1H3,(H2,33,40)(H2,34,41)(H,36,39)(H,37,42). The molecule has 7 N–H and O–H groups in total. The van der Waals surface area contributed by atoms with E-state index < -0.39 is 29.9 Å². The molecule has 48 heavy (non-hydrogen) atoms. The molecule has 260 valence electrons. The number of primary amides is 2. The molecule has 2 aromatic heterocycles. The van der Waals surface area contributed by atoms with Crippen molar-refractivity contribution in [1.82, 2.24) is 10.4 Å². The van der Waals surface area contributed by atoms with Crippen molar-refractivity contribution in [2.45, 2.75) is 94.6 Å². The van der Waals surface area contributed by atoms with Crippen LogP contribution in [0.2, 0.25) is 0 Å². The molecule has 4 amide bonds. The zero-order valence-electron chi connectivity index (χ0n) is 26.9. The SMILES string of the molecule is CC(OC1CCN(OC(=O)C2CC(SCC(=O)Nc3sc4c(c3C(N)=O)CCCC4)CN2)C1)C(=O)Nc1sc2c(c1C(N)=O)CCCC2. The monoisotopic (exact) mass is 718 g/mol. The average molecular weight is 719 g/mol. The summed E-state index contributed by atoms with van der Waals surface area (Å²) in [7, 11) is 0. The van der Waals surface area contributed by atoms with E-state index in [1.54, 1.807) is 12.0 Å². The number of ether oxygens (including phenoxy) is 1. The number of anilines is 2. The first kappa shape index (κ1) is 34.8. The molecular formula is C32H42N6O7S3. The molecule has 0 aromatic carbocycles. The third-order valence-electron chi connectivity index (χ3n) is 9.24. The minimum Gasteiger partial charge on any atom is -0.366 e. The van der Waals surface area contributed by atoms with Crippen LogP contribution in [0.25, 0.3) is 0 Å². The zero-order chi connectivity index (χ0) is 33.9. The van der Waals surface area contributed by atoms with Crippen LogP contribution in [0, 0.1) is 0 Å². The van der Waals surface area contributed by atoms with Crippen molar-refractivity contribution in [2.24, 2.45) is 11.5 Å². The lowest BCUT2D eigenvalue weighted by Gasteiger charge is -2.20. The van der Waals surface area contributed by atoms with Crippen LogP contribution in [0.15, 0.2) is 0 Å². The number of rotatable bonds is 12. The van der Waals surface area contributed by atoms with Crippen molar-refractivity contribution in [3.63, 3.8) is 0 Å². The van der Waals surface area contributed by atoms with Crippen LogP contribution in [0.3, 0.4) is 0 Å². The van der Waals surface area contributed by atoms with Gasteiger partial charge < -0.3 is 37.0 Å². The van der Waals surface area contributed by atoms with E-state index >= 15 is 0 Å². The molecule has 2 fully saturated rings. The van der Waals surface area contributed by atoms with E-state index in [2.05, 4.69) is 16.0 Å². The highest BCUT2D eigenvalue weighted by Gasteiger charge is 2.36. The van der Waals surface area contributed by atoms with E-state index in [0.29, 0.717) is 53.6 Å². The van der Waals surface area contributed by atoms with Crippen molar-refractivity contribution in [1.29, 1.82) is 0 Å². The highest BCUT2D eigenvalue weighted by Crippen LogP contribution is 2.39. The summed E-state index contributed by atoms with van der Waals surface area (Å²) in [6.45, 7) is 3.01. The second-order valence-electron chi connectivity index (χ2n) is 12.7. The third-order valence-corrected chi connectivity index (χ3v) is 12.9. The first-order valence-corrected chi connectivity index (χ1v) is 19.2. The summed E-state index contributed by atoms with van der Waals surface area (Å²) in [5.41, 5.74) is 14.1.